The first-order valence-electron chi connectivity index (χ1n) is 7.68. The van der Waals surface area contributed by atoms with Crippen molar-refractivity contribution < 1.29 is 0 Å². The first-order valence-corrected chi connectivity index (χ1v) is 8.56. The molecular weight excluding hydrogens is 310 g/mol. The van der Waals surface area contributed by atoms with Crippen molar-refractivity contribution in [3.63, 3.8) is 0 Å². The van der Waals surface area contributed by atoms with Crippen LogP contribution in [-0.2, 0) is 25.9 Å². The first kappa shape index (κ1) is 15.6. The summed E-state index contributed by atoms with van der Waals surface area (Å²) in [5, 5.41) is 13.8. The maximum Gasteiger partial charge on any atom is 0.307 e. The molecule has 7 heteroatoms. The predicted octanol–water partition coefficient (Wildman–Crippen LogP) is 2.08. The summed E-state index contributed by atoms with van der Waals surface area (Å²) in [6.45, 7) is 3.16. The molecule has 2 heterocycles. The summed E-state index contributed by atoms with van der Waals surface area (Å²) in [7, 11) is 0. The van der Waals surface area contributed by atoms with Gasteiger partial charge in [0.25, 0.3) is 0 Å². The van der Waals surface area contributed by atoms with Gasteiger partial charge in [0.15, 0.2) is 5.82 Å². The van der Waals surface area contributed by atoms with Crippen LogP contribution in [0.25, 0.3) is 0 Å². The van der Waals surface area contributed by atoms with Crippen LogP contribution < -0.4 is 4.87 Å². The van der Waals surface area contributed by atoms with Gasteiger partial charge < -0.3 is 4.57 Å². The summed E-state index contributed by atoms with van der Waals surface area (Å²) < 4.78 is 3.56. The van der Waals surface area contributed by atoms with Crippen molar-refractivity contribution in [2.24, 2.45) is 0 Å². The topological polar surface area (TPSA) is 65.6 Å². The molecule has 120 valence electrons. The minimum atomic E-state index is 0.0706. The molecule has 0 N–H and O–H groups in total. The molecule has 0 saturated heterocycles. The van der Waals surface area contributed by atoms with Gasteiger partial charge in [-0.25, -0.2) is 4.68 Å². The Morgan fingerprint density at radius 2 is 1.96 bits per heavy atom. The molecule has 3 rings (SSSR count). The van der Waals surface area contributed by atoms with Crippen molar-refractivity contribution in [3.8, 4) is 0 Å². The van der Waals surface area contributed by atoms with Crippen LogP contribution >= 0.6 is 11.3 Å². The van der Waals surface area contributed by atoms with Crippen LogP contribution in [-0.4, -0.2) is 24.8 Å². The van der Waals surface area contributed by atoms with E-state index in [0.717, 1.165) is 30.8 Å². The Kier molecular flexibility index (Phi) is 4.97. The Balaban J connectivity index is 1.56. The van der Waals surface area contributed by atoms with E-state index in [1.165, 1.54) is 16.9 Å². The second-order valence-electron chi connectivity index (χ2n) is 5.45. The average Bonchev–Trinajstić information content (AvgIpc) is 3.14. The van der Waals surface area contributed by atoms with E-state index >= 15 is 0 Å². The standard InChI is InChI=1S/C16H19N5OS/c1-13-12-23-16(22)20(13)10-11-21-15(17-18-19-21)9-5-8-14-6-3-2-4-7-14/h2-4,6-7,12H,5,8-11H2,1H3. The van der Waals surface area contributed by atoms with Gasteiger partial charge in [-0.15, -0.1) is 5.10 Å². The second kappa shape index (κ2) is 7.32. The molecule has 0 aliphatic carbocycles. The summed E-state index contributed by atoms with van der Waals surface area (Å²) in [6, 6.07) is 10.4. The smallest absolute Gasteiger partial charge is 0.301 e. The Hall–Kier alpha value is -2.28. The number of hydrogen-bond acceptors (Lipinski definition) is 5. The zero-order valence-corrected chi connectivity index (χ0v) is 13.9. The molecular formula is C16H19N5OS. The van der Waals surface area contributed by atoms with Crippen molar-refractivity contribution in [2.75, 3.05) is 0 Å². The third-order valence-electron chi connectivity index (χ3n) is 3.83. The van der Waals surface area contributed by atoms with Crippen molar-refractivity contribution in [3.05, 3.63) is 62.5 Å². The Morgan fingerprint density at radius 3 is 2.70 bits per heavy atom. The molecule has 0 atom stereocenters. The molecule has 2 aromatic heterocycles. The van der Waals surface area contributed by atoms with Gasteiger partial charge >= 0.3 is 4.87 Å². The fourth-order valence-corrected chi connectivity index (χ4v) is 3.30. The van der Waals surface area contributed by atoms with E-state index < -0.39 is 0 Å². The van der Waals surface area contributed by atoms with Crippen molar-refractivity contribution in [2.45, 2.75) is 39.3 Å². The van der Waals surface area contributed by atoms with Crippen LogP contribution in [0.3, 0.4) is 0 Å². The van der Waals surface area contributed by atoms with Gasteiger partial charge in [-0.2, -0.15) is 0 Å². The normalized spacial score (nSPS) is 11.0. The van der Waals surface area contributed by atoms with Gasteiger partial charge in [0.2, 0.25) is 0 Å². The lowest BCUT2D eigenvalue weighted by Gasteiger charge is -2.06. The van der Waals surface area contributed by atoms with Crippen LogP contribution in [0.1, 0.15) is 23.5 Å². The molecule has 0 fully saturated rings. The Morgan fingerprint density at radius 1 is 1.13 bits per heavy atom. The van der Waals surface area contributed by atoms with E-state index in [0.29, 0.717) is 13.1 Å². The van der Waals surface area contributed by atoms with Crippen LogP contribution in [0, 0.1) is 6.92 Å². The van der Waals surface area contributed by atoms with Crippen LogP contribution in [0.5, 0.6) is 0 Å². The lowest BCUT2D eigenvalue weighted by Crippen LogP contribution is -2.19. The number of aryl methyl sites for hydroxylation is 4. The fraction of sp³-hybridized carbons (Fsp3) is 0.375. The van der Waals surface area contributed by atoms with E-state index in [-0.39, 0.29) is 4.87 Å². The van der Waals surface area contributed by atoms with Crippen molar-refractivity contribution in [1.82, 2.24) is 24.8 Å². The summed E-state index contributed by atoms with van der Waals surface area (Å²) >= 11 is 1.23. The van der Waals surface area contributed by atoms with Gasteiger partial charge in [-0.05, 0) is 35.8 Å². The fourth-order valence-electron chi connectivity index (χ4n) is 2.54. The summed E-state index contributed by atoms with van der Waals surface area (Å²) in [6.07, 6.45) is 2.85. The largest absolute Gasteiger partial charge is 0.307 e. The molecule has 0 aliphatic heterocycles. The lowest BCUT2D eigenvalue weighted by molar-refractivity contribution is 0.492. The van der Waals surface area contributed by atoms with E-state index in [9.17, 15) is 4.79 Å². The molecule has 6 nitrogen and oxygen atoms in total. The number of nitrogens with zero attached hydrogens (tertiary/aromatic N) is 5. The molecule has 1 aromatic carbocycles. The molecule has 0 spiro atoms. The van der Waals surface area contributed by atoms with Gasteiger partial charge in [-0.3, -0.25) is 4.79 Å². The van der Waals surface area contributed by atoms with E-state index in [2.05, 4.69) is 39.8 Å². The van der Waals surface area contributed by atoms with Crippen molar-refractivity contribution in [1.29, 1.82) is 0 Å². The molecule has 3 aromatic rings. The Labute approximate surface area is 138 Å². The molecule has 23 heavy (non-hydrogen) atoms. The van der Waals surface area contributed by atoms with Crippen LogP contribution in [0.2, 0.25) is 0 Å². The van der Waals surface area contributed by atoms with Crippen molar-refractivity contribution >= 4 is 11.3 Å². The molecule has 0 aliphatic rings. The number of rotatable bonds is 7. The quantitative estimate of drug-likeness (QED) is 0.666. The van der Waals surface area contributed by atoms with Gasteiger partial charge in [-0.1, -0.05) is 41.7 Å². The highest BCUT2D eigenvalue weighted by molar-refractivity contribution is 7.07. The first-order chi connectivity index (χ1) is 11.2. The summed E-state index contributed by atoms with van der Waals surface area (Å²) in [5.74, 6) is 0.877. The van der Waals surface area contributed by atoms with Gasteiger partial charge in [0, 0.05) is 24.0 Å². The molecule has 0 bridgehead atoms. The Bertz CT molecular complexity index is 805. The number of thiazole rings is 1. The highest BCUT2D eigenvalue weighted by Crippen LogP contribution is 2.06. The number of benzene rings is 1. The minimum Gasteiger partial charge on any atom is -0.301 e. The number of tetrazole rings is 1. The monoisotopic (exact) mass is 329 g/mol. The number of aromatic nitrogens is 5. The second-order valence-corrected chi connectivity index (χ2v) is 6.27. The molecule has 0 unspecified atom stereocenters. The molecule has 0 radical (unpaired) electrons. The molecule has 0 saturated carbocycles. The van der Waals surface area contributed by atoms with E-state index in [4.69, 9.17) is 0 Å². The van der Waals surface area contributed by atoms with E-state index in [1.54, 1.807) is 9.25 Å². The minimum absolute atomic E-state index is 0.0706. The van der Waals surface area contributed by atoms with Crippen LogP contribution in [0.15, 0.2) is 40.5 Å². The zero-order chi connectivity index (χ0) is 16.1. The zero-order valence-electron chi connectivity index (χ0n) is 13.1. The highest BCUT2D eigenvalue weighted by atomic mass is 32.1. The van der Waals surface area contributed by atoms with Crippen LogP contribution in [0.4, 0.5) is 0 Å². The predicted molar refractivity (Wildman–Crippen MR) is 89.6 cm³/mol. The maximum absolute atomic E-state index is 11.7. The maximum atomic E-state index is 11.7. The SMILES string of the molecule is Cc1csc(=O)n1CCn1nnnc1CCCc1ccccc1. The van der Waals surface area contributed by atoms with Gasteiger partial charge in [0.05, 0.1) is 6.54 Å². The third-order valence-corrected chi connectivity index (χ3v) is 4.71. The lowest BCUT2D eigenvalue weighted by atomic mass is 10.1. The summed E-state index contributed by atoms with van der Waals surface area (Å²) in [5.41, 5.74) is 2.31. The number of hydrogen-bond donors (Lipinski definition) is 0. The average molecular weight is 329 g/mol. The summed E-state index contributed by atoms with van der Waals surface area (Å²) in [4.78, 5) is 11.8. The third kappa shape index (κ3) is 3.92. The van der Waals surface area contributed by atoms with Gasteiger partial charge in [0.1, 0.15) is 0 Å². The molecule has 0 amide bonds. The van der Waals surface area contributed by atoms with E-state index in [1.807, 2.05) is 18.4 Å². The highest BCUT2D eigenvalue weighted by Gasteiger charge is 2.08.